The maximum atomic E-state index is 12.4. The largest absolute Gasteiger partial charge is 0.416 e. The molecule has 0 spiro atoms. The Morgan fingerprint density at radius 3 is 2.75 bits per heavy atom. The molecular weight excluding hydrogens is 334 g/mol. The molecule has 16 heavy (non-hydrogen) atoms. The standard InChI is InChI=1S/C9H5F3IN3/c10-9(11,12)7-3-1-2-6(4-7)8-14-5-13-16-15-8/h1-4,16H. The van der Waals surface area contributed by atoms with E-state index in [9.17, 15) is 13.2 Å². The highest BCUT2D eigenvalue weighted by molar-refractivity contribution is 14.2. The summed E-state index contributed by atoms with van der Waals surface area (Å²) in [5.41, 5.74) is -0.373. The minimum atomic E-state index is -4.35. The monoisotopic (exact) mass is 339 g/mol. The van der Waals surface area contributed by atoms with Gasteiger partial charge in [0.2, 0.25) is 0 Å². The van der Waals surface area contributed by atoms with E-state index in [1.165, 1.54) is 12.1 Å². The second-order valence-corrected chi connectivity index (χ2v) is 4.39. The number of benzene rings is 1. The number of alkyl halides is 3. The summed E-state index contributed by atoms with van der Waals surface area (Å²) in [6.07, 6.45) is -4.35. The Morgan fingerprint density at radius 2 is 2.12 bits per heavy atom. The number of nitrogens with one attached hydrogen (secondary N) is 1. The molecule has 1 aliphatic heterocycles. The Bertz CT molecular complexity index is 501. The highest BCUT2D eigenvalue weighted by Gasteiger charge is 2.30. The van der Waals surface area contributed by atoms with Crippen LogP contribution < -0.4 is 3.64 Å². The first kappa shape index (κ1) is 11.3. The van der Waals surface area contributed by atoms with Gasteiger partial charge in [-0.2, -0.15) is 18.2 Å². The van der Waals surface area contributed by atoms with E-state index in [0.717, 1.165) is 12.1 Å². The molecule has 0 amide bonds. The van der Waals surface area contributed by atoms with Gasteiger partial charge in [0.15, 0.2) is 5.84 Å². The van der Waals surface area contributed by atoms with Gasteiger partial charge in [0, 0.05) is 9.37 Å². The zero-order valence-electron chi connectivity index (χ0n) is 7.72. The van der Waals surface area contributed by atoms with Gasteiger partial charge in [-0.1, -0.05) is 12.1 Å². The van der Waals surface area contributed by atoms with Crippen molar-refractivity contribution in [3.8, 4) is 0 Å². The van der Waals surface area contributed by atoms with Gasteiger partial charge in [-0.05, 0) is 12.1 Å². The van der Waals surface area contributed by atoms with Gasteiger partial charge < -0.3 is 0 Å². The maximum Gasteiger partial charge on any atom is 0.416 e. The molecule has 1 heterocycles. The van der Waals surface area contributed by atoms with Crippen LogP contribution >= 0.6 is 21.0 Å². The Balaban J connectivity index is 2.40. The summed E-state index contributed by atoms with van der Waals surface area (Å²) in [6.45, 7) is 0. The molecule has 0 unspecified atom stereocenters. The number of aliphatic imine (C=N–C) groups is 1. The van der Waals surface area contributed by atoms with Crippen molar-refractivity contribution in [2.24, 2.45) is 10.1 Å². The summed E-state index contributed by atoms with van der Waals surface area (Å²) in [5.74, 6) is 0.233. The molecule has 0 bridgehead atoms. The predicted molar refractivity (Wildman–Crippen MR) is 62.6 cm³/mol. The Kier molecular flexibility index (Phi) is 3.06. The predicted octanol–water partition coefficient (Wildman–Crippen LogP) is 2.76. The van der Waals surface area contributed by atoms with E-state index in [1.807, 2.05) is 0 Å². The molecule has 1 N–H and O–H groups in total. The summed E-state index contributed by atoms with van der Waals surface area (Å²) in [5, 5.41) is 3.84. The van der Waals surface area contributed by atoms with Crippen molar-refractivity contribution < 1.29 is 13.2 Å². The summed E-state index contributed by atoms with van der Waals surface area (Å²) < 4.78 is 42.7. The van der Waals surface area contributed by atoms with Crippen molar-refractivity contribution in [2.75, 3.05) is 0 Å². The first-order valence-electron chi connectivity index (χ1n) is 4.16. The summed E-state index contributed by atoms with van der Waals surface area (Å²) >= 11 is -0.512. The quantitative estimate of drug-likeness (QED) is 0.620. The molecule has 84 valence electrons. The summed E-state index contributed by atoms with van der Waals surface area (Å²) in [6, 6.07) is 4.90. The molecule has 0 aliphatic carbocycles. The highest BCUT2D eigenvalue weighted by atomic mass is 127. The molecule has 0 atom stereocenters. The first-order valence-corrected chi connectivity index (χ1v) is 6.32. The molecule has 2 rings (SSSR count). The maximum absolute atomic E-state index is 12.4. The van der Waals surface area contributed by atoms with E-state index in [4.69, 9.17) is 0 Å². The van der Waals surface area contributed by atoms with Crippen LogP contribution in [0.2, 0.25) is 0 Å². The van der Waals surface area contributed by atoms with Crippen LogP contribution in [0.15, 0.2) is 34.4 Å². The fraction of sp³-hybridized carbons (Fsp3) is 0.111. The molecule has 0 fully saturated rings. The van der Waals surface area contributed by atoms with Crippen LogP contribution in [-0.2, 0) is 6.18 Å². The van der Waals surface area contributed by atoms with Crippen LogP contribution in [0.25, 0.3) is 0 Å². The number of rotatable bonds is 1. The topological polar surface area (TPSA) is 36.8 Å². The van der Waals surface area contributed by atoms with Gasteiger partial charge in [0.1, 0.15) is 0 Å². The average molecular weight is 339 g/mol. The third-order valence-corrected chi connectivity index (χ3v) is 2.79. The van der Waals surface area contributed by atoms with E-state index >= 15 is 0 Å². The molecule has 1 aromatic rings. The number of amidine groups is 1. The van der Waals surface area contributed by atoms with Crippen molar-refractivity contribution in [1.29, 1.82) is 0 Å². The van der Waals surface area contributed by atoms with Crippen LogP contribution in [0.3, 0.4) is 0 Å². The first-order chi connectivity index (χ1) is 7.57. The van der Waals surface area contributed by atoms with Gasteiger partial charge in [-0.15, -0.1) is 5.10 Å². The molecule has 0 radical (unpaired) electrons. The van der Waals surface area contributed by atoms with Crippen LogP contribution in [0.1, 0.15) is 11.1 Å². The molecule has 0 aromatic heterocycles. The summed E-state index contributed by atoms with van der Waals surface area (Å²) in [4.78, 5) is 3.84. The molecular formula is C9H5F3IN3. The summed E-state index contributed by atoms with van der Waals surface area (Å²) in [7, 11) is 0. The fourth-order valence-corrected chi connectivity index (χ4v) is 1.94. The smallest absolute Gasteiger partial charge is 0.246 e. The molecule has 3 nitrogen and oxygen atoms in total. The SMILES string of the molecule is FC(F)(F)c1cccc(C2=NNI=C=N2)c1. The van der Waals surface area contributed by atoms with Crippen molar-refractivity contribution in [2.45, 2.75) is 6.18 Å². The molecule has 0 saturated heterocycles. The van der Waals surface area contributed by atoms with Crippen LogP contribution in [-0.4, -0.2) is 9.64 Å². The Hall–Kier alpha value is -1.21. The third kappa shape index (κ3) is 2.48. The second kappa shape index (κ2) is 4.34. The molecule has 7 heteroatoms. The fourth-order valence-electron chi connectivity index (χ4n) is 1.13. The van der Waals surface area contributed by atoms with Crippen LogP contribution in [0.4, 0.5) is 13.2 Å². The van der Waals surface area contributed by atoms with E-state index in [0.29, 0.717) is 5.56 Å². The lowest BCUT2D eigenvalue weighted by molar-refractivity contribution is -0.137. The van der Waals surface area contributed by atoms with Crippen LogP contribution in [0.5, 0.6) is 0 Å². The zero-order chi connectivity index (χ0) is 11.6. The van der Waals surface area contributed by atoms with Crippen molar-refractivity contribution >= 4 is 30.6 Å². The van der Waals surface area contributed by atoms with E-state index in [-0.39, 0.29) is 5.84 Å². The normalized spacial score (nSPS) is 15.1. The van der Waals surface area contributed by atoms with Gasteiger partial charge in [-0.3, -0.25) is 0 Å². The Labute approximate surface area is 99.2 Å². The molecule has 1 aromatic carbocycles. The molecule has 1 aliphatic rings. The number of hydrazone groups is 1. The van der Waals surface area contributed by atoms with Crippen LogP contribution in [0, 0.1) is 0 Å². The van der Waals surface area contributed by atoms with Gasteiger partial charge >= 0.3 is 6.18 Å². The van der Waals surface area contributed by atoms with E-state index in [2.05, 4.69) is 17.5 Å². The van der Waals surface area contributed by atoms with Gasteiger partial charge in [0.05, 0.1) is 26.6 Å². The van der Waals surface area contributed by atoms with Gasteiger partial charge in [0.25, 0.3) is 0 Å². The number of halogens is 4. The zero-order valence-corrected chi connectivity index (χ0v) is 9.87. The van der Waals surface area contributed by atoms with Crippen molar-refractivity contribution in [1.82, 2.24) is 3.64 Å². The number of nitrogens with zero attached hydrogens (tertiary/aromatic N) is 2. The van der Waals surface area contributed by atoms with E-state index < -0.39 is 32.7 Å². The van der Waals surface area contributed by atoms with Crippen molar-refractivity contribution in [3.63, 3.8) is 0 Å². The minimum Gasteiger partial charge on any atom is -0.246 e. The highest BCUT2D eigenvalue weighted by Crippen LogP contribution is 2.29. The van der Waals surface area contributed by atoms with Crippen molar-refractivity contribution in [3.05, 3.63) is 35.4 Å². The molecule has 0 saturated carbocycles. The lowest BCUT2D eigenvalue weighted by atomic mass is 10.1. The lowest BCUT2D eigenvalue weighted by Crippen LogP contribution is -2.09. The number of hydrogen-bond acceptors (Lipinski definition) is 3. The number of hydrogen-bond donors (Lipinski definition) is 1. The minimum absolute atomic E-state index is 0.233. The second-order valence-electron chi connectivity index (χ2n) is 2.89. The van der Waals surface area contributed by atoms with Gasteiger partial charge in [-0.25, -0.2) is 3.64 Å². The third-order valence-electron chi connectivity index (χ3n) is 1.83. The Morgan fingerprint density at radius 1 is 1.31 bits per heavy atom. The average Bonchev–Trinajstić information content (AvgIpc) is 2.29. The van der Waals surface area contributed by atoms with E-state index in [1.54, 1.807) is 0 Å². The lowest BCUT2D eigenvalue weighted by Gasteiger charge is -2.08.